The monoisotopic (exact) mass is 723 g/mol. The lowest BCUT2D eigenvalue weighted by Crippen LogP contribution is -2.11. The Morgan fingerprint density at radius 3 is 2.07 bits per heavy atom. The van der Waals surface area contributed by atoms with Gasteiger partial charge in [-0.15, -0.1) is 11.3 Å². The average molecular weight is 724 g/mol. The number of rotatable bonds is 5. The average Bonchev–Trinajstić information content (AvgIpc) is 4.01. The van der Waals surface area contributed by atoms with Crippen LogP contribution in [0.1, 0.15) is 0 Å². The van der Waals surface area contributed by atoms with Crippen molar-refractivity contribution in [3.63, 3.8) is 0 Å². The second-order valence-electron chi connectivity index (χ2n) is 13.9. The van der Waals surface area contributed by atoms with E-state index in [2.05, 4.69) is 149 Å². The van der Waals surface area contributed by atoms with Gasteiger partial charge in [-0.2, -0.15) is 0 Å². The van der Waals surface area contributed by atoms with E-state index in [0.717, 1.165) is 66.8 Å². The topological polar surface area (TPSA) is 47.3 Å². The molecule has 12 aromatic rings. The Morgan fingerprint density at radius 1 is 0.491 bits per heavy atom. The maximum absolute atomic E-state index is 6.69. The lowest BCUT2D eigenvalue weighted by Gasteiger charge is -2.27. The molecular formula is C49H29N3O2S. The highest BCUT2D eigenvalue weighted by atomic mass is 32.1. The first-order valence-electron chi connectivity index (χ1n) is 18.4. The first-order chi connectivity index (χ1) is 27.3. The Bertz CT molecular complexity index is 3450. The molecule has 0 N–H and O–H groups in total. The van der Waals surface area contributed by atoms with Crippen LogP contribution in [0.4, 0.5) is 17.1 Å². The molecule has 8 aromatic carbocycles. The first-order valence-corrected chi connectivity index (χ1v) is 19.2. The second kappa shape index (κ2) is 11.7. The van der Waals surface area contributed by atoms with Crippen LogP contribution in [-0.4, -0.2) is 9.55 Å². The van der Waals surface area contributed by atoms with Crippen molar-refractivity contribution >= 4 is 103 Å². The van der Waals surface area contributed by atoms with Gasteiger partial charge in [0.05, 0.1) is 32.8 Å². The number of furan rings is 1. The largest absolute Gasteiger partial charge is 0.456 e. The summed E-state index contributed by atoms with van der Waals surface area (Å²) < 4.78 is 17.8. The number of hydrogen-bond donors (Lipinski definition) is 0. The van der Waals surface area contributed by atoms with Crippen molar-refractivity contribution in [1.82, 2.24) is 9.55 Å². The number of fused-ring (bicyclic) bond motifs is 10. The molecule has 0 saturated carbocycles. The summed E-state index contributed by atoms with van der Waals surface area (Å²) in [5.41, 5.74) is 10.6. The molecule has 0 bridgehead atoms. The lowest BCUT2D eigenvalue weighted by atomic mass is 10.1. The van der Waals surface area contributed by atoms with Crippen LogP contribution in [-0.2, 0) is 0 Å². The highest BCUT2D eigenvalue weighted by Gasteiger charge is 2.25. The molecule has 12 rings (SSSR count). The van der Waals surface area contributed by atoms with Crippen molar-refractivity contribution in [3.8, 4) is 17.1 Å². The normalized spacial score (nSPS) is 12.0. The maximum Gasteiger partial charge on any atom is 0.227 e. The summed E-state index contributed by atoms with van der Waals surface area (Å²) >= 11 is 1.84. The van der Waals surface area contributed by atoms with Gasteiger partial charge in [-0.25, -0.2) is 4.98 Å². The summed E-state index contributed by atoms with van der Waals surface area (Å²) in [6, 6.07) is 62.1. The minimum Gasteiger partial charge on any atom is -0.456 e. The first kappa shape index (κ1) is 30.3. The van der Waals surface area contributed by atoms with Crippen molar-refractivity contribution in [2.45, 2.75) is 0 Å². The number of oxazole rings is 1. The van der Waals surface area contributed by atoms with Gasteiger partial charge in [-0.1, -0.05) is 97.1 Å². The van der Waals surface area contributed by atoms with Crippen LogP contribution >= 0.6 is 11.3 Å². The number of thiophene rings is 1. The third-order valence-corrected chi connectivity index (χ3v) is 12.0. The van der Waals surface area contributed by atoms with E-state index in [4.69, 9.17) is 13.8 Å². The molecule has 5 nitrogen and oxygen atoms in total. The van der Waals surface area contributed by atoms with E-state index in [9.17, 15) is 0 Å². The highest BCUT2D eigenvalue weighted by Crippen LogP contribution is 2.49. The molecule has 0 aliphatic rings. The van der Waals surface area contributed by atoms with Crippen molar-refractivity contribution < 1.29 is 8.83 Å². The van der Waals surface area contributed by atoms with Crippen LogP contribution in [0.15, 0.2) is 185 Å². The van der Waals surface area contributed by atoms with Crippen molar-refractivity contribution in [3.05, 3.63) is 176 Å². The standard InChI is InChI=1S/C49H29N3O2S/c1-3-13-30(14-4-1)49-50-39-28-38-34-26-25-32(27-43(34)53-44(38)29-45(39)54-49)51(42-23-12-20-37-35-18-8-10-24-46(35)55-48(37)42)41-22-11-19-36-33-17-7-9-21-40(33)52(47(36)41)31-15-5-2-6-16-31/h1-29H. The fourth-order valence-electron chi connectivity index (χ4n) is 8.37. The van der Waals surface area contributed by atoms with Gasteiger partial charge in [0.2, 0.25) is 5.89 Å². The summed E-state index contributed by atoms with van der Waals surface area (Å²) in [4.78, 5) is 7.28. The quantitative estimate of drug-likeness (QED) is 0.177. The van der Waals surface area contributed by atoms with Gasteiger partial charge in [-0.05, 0) is 66.7 Å². The molecule has 0 atom stereocenters. The van der Waals surface area contributed by atoms with Gasteiger partial charge in [-0.3, -0.25) is 0 Å². The molecule has 0 spiro atoms. The third-order valence-electron chi connectivity index (χ3n) is 10.8. The second-order valence-corrected chi connectivity index (χ2v) is 15.0. The van der Waals surface area contributed by atoms with E-state index >= 15 is 0 Å². The van der Waals surface area contributed by atoms with Gasteiger partial charge in [0.25, 0.3) is 0 Å². The van der Waals surface area contributed by atoms with E-state index in [-0.39, 0.29) is 0 Å². The van der Waals surface area contributed by atoms with Crippen LogP contribution in [0.3, 0.4) is 0 Å². The summed E-state index contributed by atoms with van der Waals surface area (Å²) in [7, 11) is 0. The minimum atomic E-state index is 0.600. The smallest absolute Gasteiger partial charge is 0.227 e. The van der Waals surface area contributed by atoms with Gasteiger partial charge < -0.3 is 18.3 Å². The zero-order valence-corrected chi connectivity index (χ0v) is 30.1. The molecule has 4 aromatic heterocycles. The van der Waals surface area contributed by atoms with E-state index in [1.807, 2.05) is 47.7 Å². The zero-order valence-electron chi connectivity index (χ0n) is 29.3. The van der Waals surface area contributed by atoms with E-state index < -0.39 is 0 Å². The highest BCUT2D eigenvalue weighted by molar-refractivity contribution is 7.26. The van der Waals surface area contributed by atoms with E-state index in [0.29, 0.717) is 11.5 Å². The van der Waals surface area contributed by atoms with Crippen LogP contribution < -0.4 is 4.90 Å². The molecule has 0 aliphatic carbocycles. The van der Waals surface area contributed by atoms with Crippen molar-refractivity contribution in [1.29, 1.82) is 0 Å². The molecule has 0 unspecified atom stereocenters. The predicted molar refractivity (Wildman–Crippen MR) is 229 cm³/mol. The fraction of sp³-hybridized carbons (Fsp3) is 0. The van der Waals surface area contributed by atoms with Gasteiger partial charge >= 0.3 is 0 Å². The Kier molecular flexibility index (Phi) is 6.44. The Labute approximate surface area is 318 Å². The number of nitrogens with zero attached hydrogens (tertiary/aromatic N) is 3. The Hall–Kier alpha value is -7.15. The van der Waals surface area contributed by atoms with Crippen LogP contribution in [0.25, 0.3) is 92.2 Å². The van der Waals surface area contributed by atoms with Gasteiger partial charge in [0.1, 0.15) is 16.7 Å². The molecule has 6 heteroatoms. The van der Waals surface area contributed by atoms with Gasteiger partial charge in [0.15, 0.2) is 5.58 Å². The van der Waals surface area contributed by atoms with Crippen LogP contribution in [0.5, 0.6) is 0 Å². The maximum atomic E-state index is 6.69. The Morgan fingerprint density at radius 2 is 1.20 bits per heavy atom. The summed E-state index contributed by atoms with van der Waals surface area (Å²) in [5.74, 6) is 0.600. The van der Waals surface area contributed by atoms with Crippen molar-refractivity contribution in [2.75, 3.05) is 4.90 Å². The lowest BCUT2D eigenvalue weighted by molar-refractivity contribution is 0.617. The molecule has 0 radical (unpaired) electrons. The third kappa shape index (κ3) is 4.55. The number of benzene rings is 8. The number of aromatic nitrogens is 2. The molecule has 4 heterocycles. The summed E-state index contributed by atoms with van der Waals surface area (Å²) in [6.07, 6.45) is 0. The molecular weight excluding hydrogens is 695 g/mol. The SMILES string of the molecule is c1ccc(-c2nc3cc4c(cc3o2)oc2cc(N(c3cccc5c3sc3ccccc35)c3cccc5c6ccccc6n(-c6ccccc6)c35)ccc24)cc1. The van der Waals surface area contributed by atoms with Gasteiger partial charge in [0, 0.05) is 60.4 Å². The molecule has 0 fully saturated rings. The molecule has 0 aliphatic heterocycles. The molecule has 0 amide bonds. The van der Waals surface area contributed by atoms with E-state index in [1.165, 1.54) is 30.9 Å². The minimum absolute atomic E-state index is 0.600. The van der Waals surface area contributed by atoms with Crippen LogP contribution in [0, 0.1) is 0 Å². The number of para-hydroxylation sites is 3. The number of anilines is 3. The number of hydrogen-bond acceptors (Lipinski definition) is 5. The summed E-state index contributed by atoms with van der Waals surface area (Å²) in [6.45, 7) is 0. The zero-order chi connectivity index (χ0) is 36.0. The molecule has 0 saturated heterocycles. The van der Waals surface area contributed by atoms with Crippen molar-refractivity contribution in [2.24, 2.45) is 0 Å². The van der Waals surface area contributed by atoms with E-state index in [1.54, 1.807) is 0 Å². The summed E-state index contributed by atoms with van der Waals surface area (Å²) in [5, 5.41) is 6.95. The Balaban J connectivity index is 1.13. The molecule has 258 valence electrons. The predicted octanol–water partition coefficient (Wildman–Crippen LogP) is 14.3. The fourth-order valence-corrected chi connectivity index (χ4v) is 9.58. The van der Waals surface area contributed by atoms with Crippen LogP contribution in [0.2, 0.25) is 0 Å². The molecule has 55 heavy (non-hydrogen) atoms.